The number of amides is 1. The largest absolute Gasteiger partial charge is 0.480 e. The van der Waals surface area contributed by atoms with Gasteiger partial charge in [-0.2, -0.15) is 0 Å². The number of carboxylic acids is 1. The number of guanidine groups is 1. The number of carboxylic acid groups (broad SMARTS) is 1. The van der Waals surface area contributed by atoms with Gasteiger partial charge in [-0.25, -0.2) is 9.79 Å². The van der Waals surface area contributed by atoms with Crippen LogP contribution >= 0.6 is 0 Å². The molecule has 0 radical (unpaired) electrons. The van der Waals surface area contributed by atoms with E-state index in [2.05, 4.69) is 16.2 Å². The lowest BCUT2D eigenvalue weighted by atomic mass is 9.87. The second kappa shape index (κ2) is 21.7. The second-order valence-electron chi connectivity index (χ2n) is 8.95. The highest BCUT2D eigenvalue weighted by atomic mass is 16.6. The Balaban J connectivity index is 2.29. The van der Waals surface area contributed by atoms with Gasteiger partial charge in [-0.05, 0) is 12.5 Å². The molecular weight excluding hydrogens is 544 g/mol. The maximum Gasteiger partial charge on any atom is 0.370 e. The fourth-order valence-corrected chi connectivity index (χ4v) is 3.66. The van der Waals surface area contributed by atoms with Crippen LogP contribution in [0.15, 0.2) is 16.8 Å². The lowest BCUT2D eigenvalue weighted by Gasteiger charge is -2.38. The highest BCUT2D eigenvalue weighted by Gasteiger charge is 2.42. The summed E-state index contributed by atoms with van der Waals surface area (Å²) < 4.78 is 32.6. The number of carbonyl (C=O) groups is 2. The van der Waals surface area contributed by atoms with Crippen LogP contribution in [0.4, 0.5) is 0 Å². The van der Waals surface area contributed by atoms with E-state index < -0.39 is 61.1 Å². The number of nitrogens with zero attached hydrogens (tertiary/aromatic N) is 1. The number of ether oxygens (including phenoxy) is 6. The van der Waals surface area contributed by atoms with Gasteiger partial charge in [-0.15, -0.1) is 12.3 Å². The van der Waals surface area contributed by atoms with E-state index in [-0.39, 0.29) is 19.1 Å². The van der Waals surface area contributed by atoms with Crippen molar-refractivity contribution in [2.45, 2.75) is 44.1 Å². The fourth-order valence-electron chi connectivity index (χ4n) is 3.66. The van der Waals surface area contributed by atoms with E-state index in [1.54, 1.807) is 6.92 Å². The topological polar surface area (TPSA) is 227 Å². The van der Waals surface area contributed by atoms with Crippen molar-refractivity contribution in [2.75, 3.05) is 72.6 Å². The fraction of sp³-hybridized carbons (Fsp3) is 0.731. The molecule has 0 saturated heterocycles. The van der Waals surface area contributed by atoms with Gasteiger partial charge in [0.15, 0.2) is 5.96 Å². The van der Waals surface area contributed by atoms with Gasteiger partial charge in [-0.3, -0.25) is 4.79 Å². The Bertz CT molecular complexity index is 861. The number of aliphatic carboxylic acids is 1. The Labute approximate surface area is 240 Å². The molecule has 15 heteroatoms. The van der Waals surface area contributed by atoms with Crippen LogP contribution < -0.4 is 16.8 Å². The van der Waals surface area contributed by atoms with E-state index in [1.807, 2.05) is 0 Å². The third kappa shape index (κ3) is 15.6. The minimum Gasteiger partial charge on any atom is -0.480 e. The van der Waals surface area contributed by atoms with Crippen molar-refractivity contribution in [1.82, 2.24) is 5.32 Å². The number of aliphatic hydroxyl groups is 2. The zero-order valence-corrected chi connectivity index (χ0v) is 23.4. The van der Waals surface area contributed by atoms with E-state index >= 15 is 0 Å². The highest BCUT2D eigenvalue weighted by molar-refractivity contribution is 5.85. The molecule has 5 atom stereocenters. The normalized spacial score (nSPS) is 19.8. The van der Waals surface area contributed by atoms with Crippen molar-refractivity contribution in [1.29, 1.82) is 0 Å². The number of aliphatic imine (C=N–C) groups is 1. The molecule has 0 fully saturated rings. The molecule has 1 aliphatic rings. The summed E-state index contributed by atoms with van der Waals surface area (Å²) in [5.41, 5.74) is 10.9. The van der Waals surface area contributed by atoms with Crippen LogP contribution in [0.5, 0.6) is 0 Å². The van der Waals surface area contributed by atoms with Gasteiger partial charge in [0, 0.05) is 25.5 Å². The van der Waals surface area contributed by atoms with Gasteiger partial charge in [0.1, 0.15) is 24.9 Å². The summed E-state index contributed by atoms with van der Waals surface area (Å²) in [5.74, 6) is -0.627. The molecule has 1 rings (SSSR count). The predicted molar refractivity (Wildman–Crippen MR) is 147 cm³/mol. The highest BCUT2D eigenvalue weighted by Crippen LogP contribution is 2.30. The molecule has 0 saturated carbocycles. The number of nitrogens with two attached hydrogens (primary N) is 2. The zero-order chi connectivity index (χ0) is 30.5. The Morgan fingerprint density at radius 3 is 2.22 bits per heavy atom. The number of hydrogen-bond acceptors (Lipinski definition) is 11. The molecule has 41 heavy (non-hydrogen) atoms. The van der Waals surface area contributed by atoms with E-state index in [0.717, 1.165) is 6.42 Å². The quantitative estimate of drug-likeness (QED) is 0.0328. The lowest BCUT2D eigenvalue weighted by molar-refractivity contribution is -0.160. The van der Waals surface area contributed by atoms with E-state index in [1.165, 1.54) is 6.08 Å². The number of nitrogens with one attached hydrogen (secondary N) is 1. The Hall–Kier alpha value is -2.97. The third-order valence-corrected chi connectivity index (χ3v) is 5.74. The average molecular weight is 589 g/mol. The summed E-state index contributed by atoms with van der Waals surface area (Å²) in [6.07, 6.45) is 4.11. The van der Waals surface area contributed by atoms with E-state index in [9.17, 15) is 24.9 Å². The summed E-state index contributed by atoms with van der Waals surface area (Å²) in [4.78, 5) is 27.8. The van der Waals surface area contributed by atoms with Crippen LogP contribution in [-0.2, 0) is 38.0 Å². The first-order valence-electron chi connectivity index (χ1n) is 13.3. The lowest BCUT2D eigenvalue weighted by Crippen LogP contribution is -2.51. The number of aliphatic hydroxyl groups excluding tert-OH is 2. The van der Waals surface area contributed by atoms with Crippen molar-refractivity contribution >= 4 is 17.8 Å². The minimum absolute atomic E-state index is 0.189. The van der Waals surface area contributed by atoms with Crippen molar-refractivity contribution < 1.29 is 53.3 Å². The minimum atomic E-state index is -1.48. The van der Waals surface area contributed by atoms with Gasteiger partial charge in [-0.1, -0.05) is 6.92 Å². The molecule has 1 amide bonds. The molecule has 0 bridgehead atoms. The number of rotatable bonds is 23. The van der Waals surface area contributed by atoms with Gasteiger partial charge in [0.05, 0.1) is 58.9 Å². The standard InChI is InChI=1S/C26H44N4O11/c1-3-4-5-7-36-9-11-38-13-14-39-12-10-37-8-6-29-22(33)17-40-24(20(32)16-31)23-18(2)19(30-26(27)28)15-21(41-23)25(34)35/h1,15,18-20,23-24,31-32H,4-14,16-17H2,2H3,(H,29,33)(H,34,35)(H4,27,28,30)/t18-,19+,20-,23-,24-/m1/s1. The Morgan fingerprint density at radius 1 is 1.10 bits per heavy atom. The summed E-state index contributed by atoms with van der Waals surface area (Å²) in [6.45, 7) is 3.98. The number of unbranched alkanes of at least 4 members (excludes halogenated alkanes) is 1. The Morgan fingerprint density at radius 2 is 1.68 bits per heavy atom. The first kappa shape index (κ1) is 36.1. The molecule has 0 aromatic carbocycles. The number of terminal acetylenes is 1. The molecule has 1 heterocycles. The van der Waals surface area contributed by atoms with Crippen molar-refractivity contribution in [2.24, 2.45) is 22.4 Å². The first-order valence-corrected chi connectivity index (χ1v) is 13.3. The van der Waals surface area contributed by atoms with Gasteiger partial charge < -0.3 is 60.5 Å². The van der Waals surface area contributed by atoms with Crippen LogP contribution in [0.1, 0.15) is 19.8 Å². The molecule has 234 valence electrons. The molecule has 0 aromatic heterocycles. The summed E-state index contributed by atoms with van der Waals surface area (Å²) in [5, 5.41) is 31.8. The maximum absolute atomic E-state index is 12.3. The van der Waals surface area contributed by atoms with Crippen molar-refractivity contribution in [3.8, 4) is 12.3 Å². The summed E-state index contributed by atoms with van der Waals surface area (Å²) in [6, 6.07) is -0.793. The third-order valence-electron chi connectivity index (χ3n) is 5.74. The molecule has 0 unspecified atom stereocenters. The Kier molecular flexibility index (Phi) is 19.1. The van der Waals surface area contributed by atoms with E-state index in [4.69, 9.17) is 46.3 Å². The summed E-state index contributed by atoms with van der Waals surface area (Å²) in [7, 11) is 0. The van der Waals surface area contributed by atoms with Crippen LogP contribution in [0, 0.1) is 18.3 Å². The number of hydrogen-bond donors (Lipinski definition) is 6. The molecule has 15 nitrogen and oxygen atoms in total. The average Bonchev–Trinajstić information content (AvgIpc) is 2.93. The van der Waals surface area contributed by atoms with Crippen molar-refractivity contribution in [3.63, 3.8) is 0 Å². The zero-order valence-electron chi connectivity index (χ0n) is 23.4. The van der Waals surface area contributed by atoms with Gasteiger partial charge in [0.2, 0.25) is 11.7 Å². The van der Waals surface area contributed by atoms with E-state index in [0.29, 0.717) is 52.7 Å². The van der Waals surface area contributed by atoms with Crippen LogP contribution in [-0.4, -0.2) is 130 Å². The monoisotopic (exact) mass is 588 g/mol. The molecule has 0 spiro atoms. The molecule has 0 aromatic rings. The maximum atomic E-state index is 12.3. The molecular formula is C26H44N4O11. The molecule has 1 aliphatic heterocycles. The molecule has 0 aliphatic carbocycles. The summed E-state index contributed by atoms with van der Waals surface area (Å²) >= 11 is 0. The first-order chi connectivity index (χ1) is 19.7. The smallest absolute Gasteiger partial charge is 0.370 e. The number of carbonyl (C=O) groups excluding carboxylic acids is 1. The van der Waals surface area contributed by atoms with Crippen LogP contribution in [0.25, 0.3) is 0 Å². The second-order valence-corrected chi connectivity index (χ2v) is 8.95. The van der Waals surface area contributed by atoms with Crippen LogP contribution in [0.2, 0.25) is 0 Å². The van der Waals surface area contributed by atoms with Gasteiger partial charge in [0.25, 0.3) is 0 Å². The van der Waals surface area contributed by atoms with Gasteiger partial charge >= 0.3 is 5.97 Å². The predicted octanol–water partition coefficient (Wildman–Crippen LogP) is -2.03. The van der Waals surface area contributed by atoms with Crippen molar-refractivity contribution in [3.05, 3.63) is 11.8 Å². The SMILES string of the molecule is C#CCCCOCCOCCOCCOCCNC(=O)CO[C@@H]([C@@H]1OC(C(=O)O)=C[C@H](N=C(N)N)[C@H]1C)[C@H](O)CO. The molecule has 8 N–H and O–H groups in total. The van der Waals surface area contributed by atoms with Crippen LogP contribution in [0.3, 0.4) is 0 Å².